The van der Waals surface area contributed by atoms with Gasteiger partial charge < -0.3 is 5.11 Å². The van der Waals surface area contributed by atoms with Gasteiger partial charge in [-0.25, -0.2) is 12.8 Å². The van der Waals surface area contributed by atoms with Crippen molar-refractivity contribution in [3.8, 4) is 0 Å². The Bertz CT molecular complexity index is 778. The number of hydrogen-bond donors (Lipinski definition) is 2. The molecule has 0 heterocycles. The average Bonchev–Trinajstić information content (AvgIpc) is 2.42. The number of rotatable bonds is 4. The van der Waals surface area contributed by atoms with Gasteiger partial charge in [0.25, 0.3) is 10.0 Å². The second-order valence-corrected chi connectivity index (χ2v) is 6.49. The molecule has 0 aliphatic rings. The number of anilines is 1. The second kappa shape index (κ2) is 6.01. The molecule has 0 aromatic heterocycles. The summed E-state index contributed by atoms with van der Waals surface area (Å²) < 4.78 is 40.1. The van der Waals surface area contributed by atoms with Crippen LogP contribution in [0.3, 0.4) is 0 Å². The number of aliphatic hydroxyl groups excluding tert-OH is 1. The maximum absolute atomic E-state index is 13.1. The maximum Gasteiger partial charge on any atom is 0.262 e. The van der Waals surface area contributed by atoms with Gasteiger partial charge in [-0.05, 0) is 42.3 Å². The molecular formula is C14H13ClFNO3S. The average molecular weight is 330 g/mol. The zero-order valence-corrected chi connectivity index (χ0v) is 12.7. The molecule has 0 saturated heterocycles. The summed E-state index contributed by atoms with van der Waals surface area (Å²) in [5.74, 6) is -0.627. The Kier molecular flexibility index (Phi) is 4.51. The van der Waals surface area contributed by atoms with Gasteiger partial charge in [0.05, 0.1) is 22.2 Å². The summed E-state index contributed by atoms with van der Waals surface area (Å²) >= 11 is 5.62. The molecule has 2 N–H and O–H groups in total. The van der Waals surface area contributed by atoms with Crippen molar-refractivity contribution in [1.29, 1.82) is 0 Å². The third kappa shape index (κ3) is 3.34. The first kappa shape index (κ1) is 15.8. The summed E-state index contributed by atoms with van der Waals surface area (Å²) in [5, 5.41) is 9.02. The van der Waals surface area contributed by atoms with Gasteiger partial charge in [0, 0.05) is 0 Å². The topological polar surface area (TPSA) is 66.4 Å². The minimum atomic E-state index is -3.85. The third-order valence-electron chi connectivity index (χ3n) is 3.03. The number of halogens is 2. The minimum absolute atomic E-state index is 0.0505. The molecule has 0 amide bonds. The molecule has 0 spiro atoms. The third-order valence-corrected chi connectivity index (χ3v) is 4.84. The monoisotopic (exact) mass is 329 g/mol. The van der Waals surface area contributed by atoms with Crippen molar-refractivity contribution < 1.29 is 17.9 Å². The lowest BCUT2D eigenvalue weighted by atomic mass is 10.1. The van der Waals surface area contributed by atoms with Crippen LogP contribution in [0.4, 0.5) is 10.1 Å². The molecule has 2 aromatic carbocycles. The lowest BCUT2D eigenvalue weighted by Gasteiger charge is -2.12. The fraction of sp³-hybridized carbons (Fsp3) is 0.143. The normalized spacial score (nSPS) is 11.4. The van der Waals surface area contributed by atoms with Crippen molar-refractivity contribution in [3.05, 3.63) is 58.4 Å². The highest BCUT2D eigenvalue weighted by Gasteiger charge is 2.18. The Morgan fingerprint density at radius 1 is 1.29 bits per heavy atom. The van der Waals surface area contributed by atoms with Crippen LogP contribution in [0.5, 0.6) is 0 Å². The number of aliphatic hydroxyl groups is 1. The summed E-state index contributed by atoms with van der Waals surface area (Å²) in [4.78, 5) is 0.0505. The highest BCUT2D eigenvalue weighted by Crippen LogP contribution is 2.24. The number of nitrogens with one attached hydrogen (secondary N) is 1. The number of hydrogen-bond acceptors (Lipinski definition) is 3. The Morgan fingerprint density at radius 2 is 2.00 bits per heavy atom. The Hall–Kier alpha value is -1.63. The smallest absolute Gasteiger partial charge is 0.262 e. The van der Waals surface area contributed by atoms with Gasteiger partial charge in [0.15, 0.2) is 0 Å². The van der Waals surface area contributed by atoms with E-state index >= 15 is 0 Å². The predicted molar refractivity (Wildman–Crippen MR) is 79.3 cm³/mol. The second-order valence-electron chi connectivity index (χ2n) is 4.43. The summed E-state index contributed by atoms with van der Waals surface area (Å²) in [6, 6.07) is 8.18. The molecule has 112 valence electrons. The zero-order chi connectivity index (χ0) is 15.6. The summed E-state index contributed by atoms with van der Waals surface area (Å²) in [6.45, 7) is 1.36. The van der Waals surface area contributed by atoms with E-state index in [2.05, 4.69) is 4.72 Å². The van der Waals surface area contributed by atoms with E-state index in [1.807, 2.05) is 0 Å². The van der Waals surface area contributed by atoms with E-state index in [9.17, 15) is 17.9 Å². The Labute approximate surface area is 127 Å². The lowest BCUT2D eigenvalue weighted by Crippen LogP contribution is -2.15. The van der Waals surface area contributed by atoms with Gasteiger partial charge in [-0.1, -0.05) is 23.7 Å². The molecule has 0 fully saturated rings. The minimum Gasteiger partial charge on any atom is -0.392 e. The molecule has 4 nitrogen and oxygen atoms in total. The number of sulfonamides is 1. The fourth-order valence-electron chi connectivity index (χ4n) is 1.89. The summed E-state index contributed by atoms with van der Waals surface area (Å²) in [7, 11) is -3.85. The molecule has 0 aliphatic carbocycles. The largest absolute Gasteiger partial charge is 0.392 e. The standard InChI is InChI=1S/C14H13ClFNO3S/c1-9-10(8-18)3-2-4-14(9)21(19,20)17-11-5-6-13(16)12(15)7-11/h2-7,17-18H,8H2,1H3. The predicted octanol–water partition coefficient (Wildman–Crippen LogP) is 3.08. The first-order chi connectivity index (χ1) is 9.85. The highest BCUT2D eigenvalue weighted by atomic mass is 35.5. The van der Waals surface area contributed by atoms with Crippen molar-refractivity contribution in [3.63, 3.8) is 0 Å². The molecular weight excluding hydrogens is 317 g/mol. The summed E-state index contributed by atoms with van der Waals surface area (Å²) in [5.41, 5.74) is 1.14. The van der Waals surface area contributed by atoms with Crippen LogP contribution in [0.2, 0.25) is 5.02 Å². The quantitative estimate of drug-likeness (QED) is 0.906. The van der Waals surface area contributed by atoms with E-state index in [0.29, 0.717) is 11.1 Å². The van der Waals surface area contributed by atoms with Gasteiger partial charge in [-0.15, -0.1) is 0 Å². The van der Waals surface area contributed by atoms with E-state index in [1.165, 1.54) is 18.2 Å². The van der Waals surface area contributed by atoms with Crippen molar-refractivity contribution in [2.24, 2.45) is 0 Å². The first-order valence-corrected chi connectivity index (χ1v) is 7.88. The van der Waals surface area contributed by atoms with Crippen LogP contribution in [0, 0.1) is 12.7 Å². The SMILES string of the molecule is Cc1c(CO)cccc1S(=O)(=O)Nc1ccc(F)c(Cl)c1. The Balaban J connectivity index is 2.41. The van der Waals surface area contributed by atoms with Crippen LogP contribution in [0.1, 0.15) is 11.1 Å². The van der Waals surface area contributed by atoms with E-state index in [4.69, 9.17) is 11.6 Å². The molecule has 0 atom stereocenters. The van der Waals surface area contributed by atoms with Crippen LogP contribution in [0.15, 0.2) is 41.3 Å². The van der Waals surface area contributed by atoms with Gasteiger partial charge >= 0.3 is 0 Å². The Morgan fingerprint density at radius 3 is 2.62 bits per heavy atom. The molecule has 0 bridgehead atoms. The highest BCUT2D eigenvalue weighted by molar-refractivity contribution is 7.92. The number of benzene rings is 2. The molecule has 0 radical (unpaired) electrons. The fourth-order valence-corrected chi connectivity index (χ4v) is 3.41. The zero-order valence-electron chi connectivity index (χ0n) is 11.1. The molecule has 0 unspecified atom stereocenters. The van der Waals surface area contributed by atoms with Crippen LogP contribution in [0.25, 0.3) is 0 Å². The van der Waals surface area contributed by atoms with Crippen molar-refractivity contribution >= 4 is 27.3 Å². The van der Waals surface area contributed by atoms with E-state index < -0.39 is 15.8 Å². The molecule has 2 aromatic rings. The molecule has 0 saturated carbocycles. The van der Waals surface area contributed by atoms with Crippen LogP contribution < -0.4 is 4.72 Å². The summed E-state index contributed by atoms with van der Waals surface area (Å²) in [6.07, 6.45) is 0. The van der Waals surface area contributed by atoms with E-state index in [0.717, 1.165) is 6.07 Å². The molecule has 7 heteroatoms. The van der Waals surface area contributed by atoms with Gasteiger partial charge in [-0.2, -0.15) is 0 Å². The van der Waals surface area contributed by atoms with Crippen LogP contribution in [-0.2, 0) is 16.6 Å². The van der Waals surface area contributed by atoms with Crippen molar-refractivity contribution in [1.82, 2.24) is 0 Å². The lowest BCUT2D eigenvalue weighted by molar-refractivity contribution is 0.280. The molecule has 2 rings (SSSR count). The van der Waals surface area contributed by atoms with Gasteiger partial charge in [0.2, 0.25) is 0 Å². The van der Waals surface area contributed by atoms with E-state index in [1.54, 1.807) is 19.1 Å². The maximum atomic E-state index is 13.1. The first-order valence-electron chi connectivity index (χ1n) is 6.02. The molecule has 21 heavy (non-hydrogen) atoms. The van der Waals surface area contributed by atoms with Crippen molar-refractivity contribution in [2.45, 2.75) is 18.4 Å². The van der Waals surface area contributed by atoms with Gasteiger partial charge in [0.1, 0.15) is 5.82 Å². The van der Waals surface area contributed by atoms with Crippen LogP contribution >= 0.6 is 11.6 Å². The van der Waals surface area contributed by atoms with Gasteiger partial charge in [-0.3, -0.25) is 4.72 Å². The molecule has 0 aliphatic heterocycles. The van der Waals surface area contributed by atoms with Crippen LogP contribution in [-0.4, -0.2) is 13.5 Å². The van der Waals surface area contributed by atoms with Crippen molar-refractivity contribution in [2.75, 3.05) is 4.72 Å². The van der Waals surface area contributed by atoms with E-state index in [-0.39, 0.29) is 22.2 Å².